The van der Waals surface area contributed by atoms with E-state index in [9.17, 15) is 0 Å². The van der Waals surface area contributed by atoms with Crippen LogP contribution in [0.4, 0.5) is 0 Å². The highest BCUT2D eigenvalue weighted by Crippen LogP contribution is 2.18. The van der Waals surface area contributed by atoms with Crippen molar-refractivity contribution in [3.8, 4) is 0 Å². The summed E-state index contributed by atoms with van der Waals surface area (Å²) in [6.07, 6.45) is 1.19. The number of aliphatic imine (C=N–C) groups is 1. The maximum atomic E-state index is 5.56. The van der Waals surface area contributed by atoms with E-state index in [2.05, 4.69) is 60.2 Å². The number of hydrogen-bond donors (Lipinski definition) is 1. The normalized spacial score (nSPS) is 19.1. The molecule has 4 nitrogen and oxygen atoms in total. The first-order valence-electron chi connectivity index (χ1n) is 8.74. The Bertz CT molecular complexity index is 504. The van der Waals surface area contributed by atoms with Crippen molar-refractivity contribution in [1.82, 2.24) is 10.2 Å². The third-order valence-corrected chi connectivity index (χ3v) is 4.57. The molecule has 0 aliphatic carbocycles. The van der Waals surface area contributed by atoms with Gasteiger partial charge in [0.15, 0.2) is 5.96 Å². The molecule has 24 heavy (non-hydrogen) atoms. The topological polar surface area (TPSA) is 36.9 Å². The molecule has 0 saturated carbocycles. The molecule has 0 amide bonds. The summed E-state index contributed by atoms with van der Waals surface area (Å²) in [5.74, 6) is 2.11. The Kier molecular flexibility index (Phi) is 9.66. The first-order chi connectivity index (χ1) is 11.1. The van der Waals surface area contributed by atoms with E-state index in [1.54, 1.807) is 0 Å². The van der Waals surface area contributed by atoms with Crippen LogP contribution < -0.4 is 5.32 Å². The second kappa shape index (κ2) is 10.9. The van der Waals surface area contributed by atoms with Crippen LogP contribution in [0.3, 0.4) is 0 Å². The number of guanidine groups is 1. The largest absolute Gasteiger partial charge is 0.381 e. The summed E-state index contributed by atoms with van der Waals surface area (Å²) in [5.41, 5.74) is 2.68. The molecule has 1 saturated heterocycles. The molecule has 0 bridgehead atoms. The molecular weight excluding hydrogens is 413 g/mol. The van der Waals surface area contributed by atoms with Gasteiger partial charge in [0, 0.05) is 39.2 Å². The van der Waals surface area contributed by atoms with Gasteiger partial charge in [-0.2, -0.15) is 0 Å². The van der Waals surface area contributed by atoms with Crippen LogP contribution in [-0.4, -0.2) is 50.8 Å². The molecule has 0 aromatic heterocycles. The van der Waals surface area contributed by atoms with Gasteiger partial charge in [0.1, 0.15) is 0 Å². The Balaban J connectivity index is 0.00000288. The number of hydrogen-bond acceptors (Lipinski definition) is 2. The standard InChI is InChI=1S/C19H31N3O.HI/c1-5-23-14-17-10-11-22(13-17)19(20-4)21-12-16(3)18-8-6-15(2)7-9-18;/h6-9,16-17H,5,10-14H2,1-4H3,(H,20,21);1H. The summed E-state index contributed by atoms with van der Waals surface area (Å²) in [7, 11) is 1.87. The zero-order valence-electron chi connectivity index (χ0n) is 15.4. The molecule has 1 aromatic rings. The van der Waals surface area contributed by atoms with Crippen molar-refractivity contribution < 1.29 is 4.74 Å². The van der Waals surface area contributed by atoms with Gasteiger partial charge >= 0.3 is 0 Å². The number of aryl methyl sites for hydroxylation is 1. The fourth-order valence-corrected chi connectivity index (χ4v) is 3.04. The van der Waals surface area contributed by atoms with Crippen molar-refractivity contribution in [2.75, 3.05) is 39.9 Å². The molecule has 1 N–H and O–H groups in total. The van der Waals surface area contributed by atoms with Gasteiger partial charge in [0.25, 0.3) is 0 Å². The molecule has 1 fully saturated rings. The number of rotatable bonds is 6. The summed E-state index contributed by atoms with van der Waals surface area (Å²) in [5, 5.41) is 3.54. The molecule has 0 radical (unpaired) electrons. The number of benzene rings is 1. The molecule has 136 valence electrons. The van der Waals surface area contributed by atoms with Gasteiger partial charge in [-0.15, -0.1) is 24.0 Å². The maximum absolute atomic E-state index is 5.56. The molecule has 0 spiro atoms. The van der Waals surface area contributed by atoms with Crippen LogP contribution in [0.2, 0.25) is 0 Å². The molecule has 1 aliphatic heterocycles. The van der Waals surface area contributed by atoms with Crippen molar-refractivity contribution in [3.63, 3.8) is 0 Å². The number of likely N-dealkylation sites (tertiary alicyclic amines) is 1. The van der Waals surface area contributed by atoms with Crippen LogP contribution in [0.1, 0.15) is 37.3 Å². The predicted molar refractivity (Wildman–Crippen MR) is 113 cm³/mol. The zero-order valence-corrected chi connectivity index (χ0v) is 17.7. The fraction of sp³-hybridized carbons (Fsp3) is 0.632. The highest BCUT2D eigenvalue weighted by Gasteiger charge is 2.25. The van der Waals surface area contributed by atoms with Crippen LogP contribution in [0.15, 0.2) is 29.3 Å². The first-order valence-corrected chi connectivity index (χ1v) is 8.74. The van der Waals surface area contributed by atoms with Gasteiger partial charge in [0.05, 0.1) is 6.61 Å². The summed E-state index contributed by atoms with van der Waals surface area (Å²) < 4.78 is 5.56. The smallest absolute Gasteiger partial charge is 0.193 e. The Morgan fingerprint density at radius 2 is 2.08 bits per heavy atom. The molecule has 2 rings (SSSR count). The van der Waals surface area contributed by atoms with Gasteiger partial charge in [0.2, 0.25) is 0 Å². The lowest BCUT2D eigenvalue weighted by Gasteiger charge is -2.23. The minimum atomic E-state index is 0. The molecule has 2 unspecified atom stereocenters. The van der Waals surface area contributed by atoms with Crippen molar-refractivity contribution in [2.45, 2.75) is 33.1 Å². The minimum Gasteiger partial charge on any atom is -0.381 e. The van der Waals surface area contributed by atoms with E-state index in [0.29, 0.717) is 11.8 Å². The van der Waals surface area contributed by atoms with Crippen molar-refractivity contribution in [2.24, 2.45) is 10.9 Å². The van der Waals surface area contributed by atoms with E-state index in [1.807, 2.05) is 7.05 Å². The summed E-state index contributed by atoms with van der Waals surface area (Å²) in [6, 6.07) is 8.80. The quantitative estimate of drug-likeness (QED) is 0.413. The highest BCUT2D eigenvalue weighted by molar-refractivity contribution is 14.0. The number of ether oxygens (including phenoxy) is 1. The van der Waals surface area contributed by atoms with Crippen molar-refractivity contribution in [3.05, 3.63) is 35.4 Å². The van der Waals surface area contributed by atoms with Crippen LogP contribution in [0.5, 0.6) is 0 Å². The van der Waals surface area contributed by atoms with E-state index in [-0.39, 0.29) is 24.0 Å². The fourth-order valence-electron chi connectivity index (χ4n) is 3.04. The third kappa shape index (κ3) is 6.24. The number of halogens is 1. The Morgan fingerprint density at radius 1 is 1.38 bits per heavy atom. The molecule has 2 atom stereocenters. The van der Waals surface area contributed by atoms with Crippen molar-refractivity contribution in [1.29, 1.82) is 0 Å². The highest BCUT2D eigenvalue weighted by atomic mass is 127. The zero-order chi connectivity index (χ0) is 16.7. The molecular formula is C19H32IN3O. The third-order valence-electron chi connectivity index (χ3n) is 4.57. The van der Waals surface area contributed by atoms with Crippen LogP contribution >= 0.6 is 24.0 Å². The lowest BCUT2D eigenvalue weighted by Crippen LogP contribution is -2.41. The van der Waals surface area contributed by atoms with Gasteiger partial charge in [-0.3, -0.25) is 4.99 Å². The van der Waals surface area contributed by atoms with Crippen LogP contribution in [0.25, 0.3) is 0 Å². The minimum absolute atomic E-state index is 0. The monoisotopic (exact) mass is 445 g/mol. The number of nitrogens with zero attached hydrogens (tertiary/aromatic N) is 2. The maximum Gasteiger partial charge on any atom is 0.193 e. The van der Waals surface area contributed by atoms with Gasteiger partial charge in [-0.25, -0.2) is 0 Å². The van der Waals surface area contributed by atoms with Crippen LogP contribution in [0, 0.1) is 12.8 Å². The summed E-state index contributed by atoms with van der Waals surface area (Å²) >= 11 is 0. The average molecular weight is 445 g/mol. The van der Waals surface area contributed by atoms with E-state index < -0.39 is 0 Å². The van der Waals surface area contributed by atoms with E-state index in [1.165, 1.54) is 17.5 Å². The van der Waals surface area contributed by atoms with E-state index in [4.69, 9.17) is 4.74 Å². The Labute approximate surface area is 164 Å². The molecule has 1 heterocycles. The summed E-state index contributed by atoms with van der Waals surface area (Å²) in [6.45, 7) is 11.1. The SMILES string of the molecule is CCOCC1CCN(C(=NC)NCC(C)c2ccc(C)cc2)C1.I. The Morgan fingerprint density at radius 3 is 2.71 bits per heavy atom. The second-order valence-electron chi connectivity index (χ2n) is 6.50. The van der Waals surface area contributed by atoms with Gasteiger partial charge in [-0.1, -0.05) is 36.8 Å². The van der Waals surface area contributed by atoms with Crippen molar-refractivity contribution >= 4 is 29.9 Å². The molecule has 1 aliphatic rings. The number of nitrogens with one attached hydrogen (secondary N) is 1. The lowest BCUT2D eigenvalue weighted by atomic mass is 10.0. The lowest BCUT2D eigenvalue weighted by molar-refractivity contribution is 0.114. The average Bonchev–Trinajstić information content (AvgIpc) is 3.02. The van der Waals surface area contributed by atoms with E-state index in [0.717, 1.165) is 38.8 Å². The second-order valence-corrected chi connectivity index (χ2v) is 6.50. The summed E-state index contributed by atoms with van der Waals surface area (Å²) in [4.78, 5) is 6.81. The first kappa shape index (κ1) is 21.2. The molecule has 1 aromatic carbocycles. The van der Waals surface area contributed by atoms with E-state index >= 15 is 0 Å². The van der Waals surface area contributed by atoms with Crippen LogP contribution in [-0.2, 0) is 4.74 Å². The molecule has 5 heteroatoms. The van der Waals surface area contributed by atoms with Gasteiger partial charge < -0.3 is 15.0 Å². The van der Waals surface area contributed by atoms with Gasteiger partial charge in [-0.05, 0) is 31.7 Å². The Hall–Kier alpha value is -0.820. The predicted octanol–water partition coefficient (Wildman–Crippen LogP) is 3.65.